The van der Waals surface area contributed by atoms with Crippen molar-refractivity contribution in [3.63, 3.8) is 0 Å². The molecule has 10 atom stereocenters. The molecule has 0 aromatic heterocycles. The number of fused-ring (bicyclic) bond motifs is 5. The van der Waals surface area contributed by atoms with Crippen molar-refractivity contribution >= 4 is 35.7 Å². The van der Waals surface area contributed by atoms with Crippen molar-refractivity contribution in [3.8, 4) is 0 Å². The van der Waals surface area contributed by atoms with E-state index in [9.17, 15) is 14.4 Å². The summed E-state index contributed by atoms with van der Waals surface area (Å²) in [4.78, 5) is 58.0. The molecule has 37 heavy (non-hydrogen) atoms. The van der Waals surface area contributed by atoms with Crippen LogP contribution in [0.25, 0.3) is 0 Å². The Bertz CT molecular complexity index is 1180. The van der Waals surface area contributed by atoms with E-state index in [0.29, 0.717) is 25.3 Å². The molecule has 0 N–H and O–H groups in total. The van der Waals surface area contributed by atoms with E-state index in [1.54, 1.807) is 6.08 Å². The lowest BCUT2D eigenvalue weighted by molar-refractivity contribution is -0.349. The number of rotatable bonds is 0. The van der Waals surface area contributed by atoms with Gasteiger partial charge in [-0.15, -0.1) is 12.4 Å². The maximum absolute atomic E-state index is 15.3. The van der Waals surface area contributed by atoms with E-state index in [0.717, 1.165) is 24.8 Å². The number of carbonyl (C=O) groups excluding carboxylic acids is 4. The van der Waals surface area contributed by atoms with Gasteiger partial charge >= 0.3 is 5.97 Å². The molecule has 0 aromatic rings. The Balaban J connectivity index is 0.00000252. The highest BCUT2D eigenvalue weighted by molar-refractivity contribution is 6.07. The molecule has 2 saturated carbocycles. The Labute approximate surface area is 224 Å². The molecule has 0 amide bonds. The molecule has 7 nitrogen and oxygen atoms in total. The van der Waals surface area contributed by atoms with Gasteiger partial charge in [-0.2, -0.15) is 0 Å². The van der Waals surface area contributed by atoms with E-state index in [1.165, 1.54) is 0 Å². The molecule has 4 heterocycles. The van der Waals surface area contributed by atoms with Crippen molar-refractivity contribution in [1.82, 2.24) is 4.90 Å². The molecule has 4 saturated heterocycles. The number of Topliss-reactive ketones (excluding diaryl/α,β-unsaturated/α-hetero) is 2. The summed E-state index contributed by atoms with van der Waals surface area (Å²) >= 11 is 0. The van der Waals surface area contributed by atoms with Crippen LogP contribution in [0.15, 0.2) is 11.6 Å². The summed E-state index contributed by atoms with van der Waals surface area (Å²) in [6.07, 6.45) is 5.68. The van der Waals surface area contributed by atoms with E-state index in [-0.39, 0.29) is 54.6 Å². The number of halogens is 1. The topological polar surface area (TPSA) is 90.0 Å². The number of nitrogens with zero attached hydrogens (tertiary/aromatic N) is 1. The third kappa shape index (κ3) is 2.63. The highest BCUT2D eigenvalue weighted by Crippen LogP contribution is 2.76. The minimum atomic E-state index is -1.49. The largest absolute Gasteiger partial charge is 0.435 e. The smallest absolute Gasteiger partial charge is 0.308 e. The fraction of sp³-hybridized carbons (Fsp3) is 0.793. The predicted octanol–water partition coefficient (Wildman–Crippen LogP) is 4.01. The third-order valence-electron chi connectivity index (χ3n) is 12.1. The molecular formula is C29H38ClNO6. The molecule has 6 fully saturated rings. The first-order valence-corrected chi connectivity index (χ1v) is 13.8. The van der Waals surface area contributed by atoms with Crippen molar-refractivity contribution in [2.24, 2.45) is 39.9 Å². The molecule has 0 aromatic carbocycles. The zero-order valence-electron chi connectivity index (χ0n) is 22.4. The summed E-state index contributed by atoms with van der Waals surface area (Å²) in [5.74, 6) is -1.57. The van der Waals surface area contributed by atoms with Gasteiger partial charge in [0.15, 0.2) is 11.6 Å². The van der Waals surface area contributed by atoms with E-state index >= 15 is 4.79 Å². The molecule has 8 heteroatoms. The lowest BCUT2D eigenvalue weighted by Crippen LogP contribution is -2.86. The van der Waals surface area contributed by atoms with Crippen LogP contribution in [-0.2, 0) is 28.7 Å². The molecule has 3 aliphatic carbocycles. The van der Waals surface area contributed by atoms with Crippen LogP contribution >= 0.6 is 12.4 Å². The van der Waals surface area contributed by atoms with Gasteiger partial charge in [-0.3, -0.25) is 19.2 Å². The lowest BCUT2D eigenvalue weighted by atomic mass is 9.33. The third-order valence-corrected chi connectivity index (χ3v) is 12.1. The van der Waals surface area contributed by atoms with Crippen molar-refractivity contribution in [1.29, 1.82) is 0 Å². The Hall–Kier alpha value is -1.57. The van der Waals surface area contributed by atoms with E-state index < -0.39 is 45.5 Å². The number of allylic oxidation sites excluding steroid dienone is 2. The van der Waals surface area contributed by atoms with Crippen LogP contribution in [0.1, 0.15) is 79.6 Å². The van der Waals surface area contributed by atoms with Crippen LogP contribution < -0.4 is 0 Å². The number of ether oxygens (including phenoxy) is 2. The molecule has 4 aliphatic heterocycles. The normalized spacial score (nSPS) is 54.2. The molecular weight excluding hydrogens is 494 g/mol. The zero-order chi connectivity index (χ0) is 25.6. The predicted molar refractivity (Wildman–Crippen MR) is 135 cm³/mol. The lowest BCUT2D eigenvalue weighted by Gasteiger charge is -2.75. The van der Waals surface area contributed by atoms with Gasteiger partial charge in [0.05, 0.1) is 12.5 Å². The fourth-order valence-electron chi connectivity index (χ4n) is 10.7. The monoisotopic (exact) mass is 531 g/mol. The Morgan fingerprint density at radius 2 is 1.78 bits per heavy atom. The highest BCUT2D eigenvalue weighted by Gasteiger charge is 2.86. The average molecular weight is 532 g/mol. The minimum Gasteiger partial charge on any atom is -0.435 e. The van der Waals surface area contributed by atoms with E-state index in [1.807, 2.05) is 13.8 Å². The zero-order valence-corrected chi connectivity index (χ0v) is 23.2. The molecule has 0 unspecified atom stereocenters. The Morgan fingerprint density at radius 1 is 1.05 bits per heavy atom. The number of hydrogen-bond donors (Lipinski definition) is 0. The molecule has 1 spiro atoms. The number of esters is 1. The van der Waals surface area contributed by atoms with Gasteiger partial charge in [0.1, 0.15) is 11.5 Å². The first kappa shape index (κ1) is 25.7. The second-order valence-corrected chi connectivity index (χ2v) is 13.9. The summed E-state index contributed by atoms with van der Waals surface area (Å²) < 4.78 is 13.0. The second kappa shape index (κ2) is 7.33. The average Bonchev–Trinajstić information content (AvgIpc) is 3.06. The van der Waals surface area contributed by atoms with Crippen molar-refractivity contribution in [3.05, 3.63) is 11.6 Å². The van der Waals surface area contributed by atoms with Gasteiger partial charge < -0.3 is 9.47 Å². The maximum Gasteiger partial charge on any atom is 0.308 e. The first-order chi connectivity index (χ1) is 16.8. The molecule has 7 aliphatic rings. The van der Waals surface area contributed by atoms with Gasteiger partial charge in [0.2, 0.25) is 5.72 Å². The van der Waals surface area contributed by atoms with Crippen molar-refractivity contribution < 1.29 is 28.7 Å². The molecule has 202 valence electrons. The number of ketones is 3. The summed E-state index contributed by atoms with van der Waals surface area (Å²) in [7, 11) is 0. The first-order valence-electron chi connectivity index (χ1n) is 13.8. The van der Waals surface area contributed by atoms with Gasteiger partial charge in [-0.1, -0.05) is 33.3 Å². The second-order valence-electron chi connectivity index (χ2n) is 13.9. The van der Waals surface area contributed by atoms with Crippen LogP contribution in [0.2, 0.25) is 0 Å². The molecule has 7 rings (SSSR count). The van der Waals surface area contributed by atoms with E-state index in [4.69, 9.17) is 9.47 Å². The Morgan fingerprint density at radius 3 is 2.51 bits per heavy atom. The van der Waals surface area contributed by atoms with Crippen molar-refractivity contribution in [2.45, 2.75) is 97.1 Å². The number of piperidine rings is 1. The van der Waals surface area contributed by atoms with Crippen LogP contribution in [0.4, 0.5) is 0 Å². The quantitative estimate of drug-likeness (QED) is 0.436. The van der Waals surface area contributed by atoms with Gasteiger partial charge in [-0.05, 0) is 62.4 Å². The summed E-state index contributed by atoms with van der Waals surface area (Å²) in [5, 5.41) is 0. The number of hydrogen-bond acceptors (Lipinski definition) is 7. The maximum atomic E-state index is 15.3. The Kier molecular flexibility index (Phi) is 5.09. The van der Waals surface area contributed by atoms with Crippen LogP contribution in [0.5, 0.6) is 0 Å². The standard InChI is InChI=1S/C29H37NO6.ClH/c1-15-9-19-18(20(31)10-15)11-21(32)23-25(3)13-22(33)36-29(24(34)27(19,23)5)26(25,4)6-7-28-12-16(2)8-17(35-28)14-30(28)29;/h10,16-19,23H,6-9,11-14H2,1-5H3;1H/t16-,17-,18-,19+,23+,25+,26-,27-,28-,29+;/m0./s1. The van der Waals surface area contributed by atoms with Crippen LogP contribution in [0.3, 0.4) is 0 Å². The van der Waals surface area contributed by atoms with E-state index in [2.05, 4.69) is 25.7 Å². The van der Waals surface area contributed by atoms with Crippen LogP contribution in [0, 0.1) is 39.9 Å². The van der Waals surface area contributed by atoms with Gasteiger partial charge in [-0.25, -0.2) is 4.90 Å². The fourth-order valence-corrected chi connectivity index (χ4v) is 10.7. The summed E-state index contributed by atoms with van der Waals surface area (Å²) in [6, 6.07) is 0. The highest BCUT2D eigenvalue weighted by atomic mass is 35.5. The molecule has 0 radical (unpaired) electrons. The van der Waals surface area contributed by atoms with Gasteiger partial charge in [0, 0.05) is 35.6 Å². The van der Waals surface area contributed by atoms with Crippen LogP contribution in [-0.4, -0.2) is 52.3 Å². The minimum absolute atomic E-state index is 0. The van der Waals surface area contributed by atoms with Crippen molar-refractivity contribution in [2.75, 3.05) is 6.54 Å². The molecule has 4 bridgehead atoms. The van der Waals surface area contributed by atoms with Gasteiger partial charge in [0.25, 0.3) is 0 Å². The summed E-state index contributed by atoms with van der Waals surface area (Å²) in [6.45, 7) is 10.8. The summed E-state index contributed by atoms with van der Waals surface area (Å²) in [5.41, 5.74) is -3.74. The number of carbonyl (C=O) groups is 4. The SMILES string of the molecule is CC1=CC(=O)[C@H]2CC(=O)[C@H]3[C@@](C)(C(=O)[C@@]45OC(=O)C[C@@]3(C)[C@]4(C)CC[C@]34C[C@@H](C)C[C@@H](CN35)O4)[C@@H]2C1.Cl.